The number of amides is 1. The fourth-order valence-corrected chi connectivity index (χ4v) is 3.87. The van der Waals surface area contributed by atoms with Crippen molar-refractivity contribution >= 4 is 16.8 Å². The standard InChI is InChI=1S/C25H24N4O3/c1-3-21(23(30)27-16-18-9-7-13-26-15-18)29-22-12-5-4-11-20(22)24(31)28(25(29)32)19-10-6-8-17(2)14-19/h4-15,21H,3,16H2,1-2H3,(H,27,30). The summed E-state index contributed by atoms with van der Waals surface area (Å²) >= 11 is 0. The van der Waals surface area contributed by atoms with Gasteiger partial charge in [-0.15, -0.1) is 0 Å². The van der Waals surface area contributed by atoms with Crippen LogP contribution < -0.4 is 16.6 Å². The van der Waals surface area contributed by atoms with Crippen LogP contribution in [0.5, 0.6) is 0 Å². The number of nitrogens with zero attached hydrogens (tertiary/aromatic N) is 3. The van der Waals surface area contributed by atoms with Gasteiger partial charge in [-0.05, 0) is 54.8 Å². The maximum atomic E-state index is 13.6. The molecule has 7 heteroatoms. The monoisotopic (exact) mass is 428 g/mol. The molecule has 0 radical (unpaired) electrons. The molecule has 1 N–H and O–H groups in total. The highest BCUT2D eigenvalue weighted by Crippen LogP contribution is 2.18. The summed E-state index contributed by atoms with van der Waals surface area (Å²) < 4.78 is 2.57. The minimum Gasteiger partial charge on any atom is -0.350 e. The van der Waals surface area contributed by atoms with Crippen LogP contribution in [0.2, 0.25) is 0 Å². The molecule has 1 unspecified atom stereocenters. The molecular weight excluding hydrogens is 404 g/mol. The van der Waals surface area contributed by atoms with E-state index in [2.05, 4.69) is 10.3 Å². The van der Waals surface area contributed by atoms with Crippen LogP contribution in [0.15, 0.2) is 82.6 Å². The van der Waals surface area contributed by atoms with Crippen molar-refractivity contribution in [1.82, 2.24) is 19.4 Å². The first-order valence-corrected chi connectivity index (χ1v) is 10.5. The van der Waals surface area contributed by atoms with Crippen LogP contribution >= 0.6 is 0 Å². The lowest BCUT2D eigenvalue weighted by atomic mass is 10.1. The minimum atomic E-state index is -0.777. The number of rotatable bonds is 6. The highest BCUT2D eigenvalue weighted by atomic mass is 16.2. The van der Waals surface area contributed by atoms with Gasteiger partial charge in [0.15, 0.2) is 0 Å². The number of aromatic nitrogens is 3. The van der Waals surface area contributed by atoms with Crippen molar-refractivity contribution in [3.05, 3.63) is 105 Å². The van der Waals surface area contributed by atoms with E-state index in [1.807, 2.05) is 26.0 Å². The maximum absolute atomic E-state index is 13.6. The zero-order valence-electron chi connectivity index (χ0n) is 18.0. The number of carbonyl (C=O) groups is 1. The number of carbonyl (C=O) groups excluding carboxylic acids is 1. The van der Waals surface area contributed by atoms with Gasteiger partial charge >= 0.3 is 5.69 Å². The Morgan fingerprint density at radius 1 is 1.06 bits per heavy atom. The van der Waals surface area contributed by atoms with Gasteiger partial charge in [0, 0.05) is 18.9 Å². The second kappa shape index (κ2) is 9.01. The molecule has 1 atom stereocenters. The molecule has 0 fully saturated rings. The van der Waals surface area contributed by atoms with Crippen molar-refractivity contribution in [2.45, 2.75) is 32.9 Å². The van der Waals surface area contributed by atoms with Crippen LogP contribution in [0.3, 0.4) is 0 Å². The van der Waals surface area contributed by atoms with Gasteiger partial charge in [0.25, 0.3) is 5.56 Å². The predicted molar refractivity (Wildman–Crippen MR) is 124 cm³/mol. The molecule has 2 aromatic carbocycles. The normalized spacial score (nSPS) is 11.9. The number of nitrogens with one attached hydrogen (secondary N) is 1. The molecule has 0 aliphatic heterocycles. The summed E-state index contributed by atoms with van der Waals surface area (Å²) in [5.41, 5.74) is 1.76. The van der Waals surface area contributed by atoms with Gasteiger partial charge < -0.3 is 5.32 Å². The molecule has 0 bridgehead atoms. The van der Waals surface area contributed by atoms with Gasteiger partial charge in [0.2, 0.25) is 5.91 Å². The van der Waals surface area contributed by atoms with E-state index in [9.17, 15) is 14.4 Å². The number of benzene rings is 2. The zero-order chi connectivity index (χ0) is 22.7. The molecule has 4 aromatic rings. The fraction of sp³-hybridized carbons (Fsp3) is 0.200. The highest BCUT2D eigenvalue weighted by molar-refractivity contribution is 5.84. The molecular formula is C25H24N4O3. The fourth-order valence-electron chi connectivity index (χ4n) is 3.87. The third kappa shape index (κ3) is 3.97. The van der Waals surface area contributed by atoms with E-state index in [-0.39, 0.29) is 5.91 Å². The molecule has 0 saturated heterocycles. The Morgan fingerprint density at radius 3 is 2.59 bits per heavy atom. The number of fused-ring (bicyclic) bond motifs is 1. The molecule has 2 heterocycles. The van der Waals surface area contributed by atoms with Crippen LogP contribution in [0.25, 0.3) is 16.6 Å². The SMILES string of the molecule is CCC(C(=O)NCc1cccnc1)n1c(=O)n(-c2cccc(C)c2)c(=O)c2ccccc21. The van der Waals surface area contributed by atoms with Crippen LogP contribution in [-0.4, -0.2) is 20.0 Å². The van der Waals surface area contributed by atoms with Gasteiger partial charge in [-0.25, -0.2) is 9.36 Å². The highest BCUT2D eigenvalue weighted by Gasteiger charge is 2.24. The second-order valence-corrected chi connectivity index (χ2v) is 7.65. The lowest BCUT2D eigenvalue weighted by molar-refractivity contribution is -0.124. The van der Waals surface area contributed by atoms with Crippen molar-refractivity contribution in [3.63, 3.8) is 0 Å². The third-order valence-corrected chi connectivity index (χ3v) is 5.44. The Morgan fingerprint density at radius 2 is 1.88 bits per heavy atom. The minimum absolute atomic E-state index is 0.293. The Hall–Kier alpha value is -4.00. The molecule has 7 nitrogen and oxygen atoms in total. The number of pyridine rings is 1. The number of hydrogen-bond donors (Lipinski definition) is 1. The molecule has 32 heavy (non-hydrogen) atoms. The van der Waals surface area contributed by atoms with E-state index in [1.165, 1.54) is 4.57 Å². The first kappa shape index (κ1) is 21.2. The predicted octanol–water partition coefficient (Wildman–Crippen LogP) is 3.12. The van der Waals surface area contributed by atoms with Gasteiger partial charge in [-0.1, -0.05) is 37.3 Å². The number of aryl methyl sites for hydroxylation is 1. The Labute approximate surface area is 185 Å². The largest absolute Gasteiger partial charge is 0.350 e. The summed E-state index contributed by atoms with van der Waals surface area (Å²) in [5, 5.41) is 3.28. The van der Waals surface area contributed by atoms with Crippen molar-refractivity contribution in [3.8, 4) is 5.69 Å². The topological polar surface area (TPSA) is 86.0 Å². The maximum Gasteiger partial charge on any atom is 0.336 e. The van der Waals surface area contributed by atoms with Crippen LogP contribution in [-0.2, 0) is 11.3 Å². The first-order valence-electron chi connectivity index (χ1n) is 10.5. The van der Waals surface area contributed by atoms with Crippen LogP contribution in [0, 0.1) is 6.92 Å². The molecule has 0 saturated carbocycles. The van der Waals surface area contributed by atoms with Gasteiger partial charge in [-0.3, -0.25) is 19.1 Å². The molecule has 2 aromatic heterocycles. The van der Waals surface area contributed by atoms with E-state index in [0.29, 0.717) is 29.6 Å². The summed E-state index contributed by atoms with van der Waals surface area (Å²) in [6, 6.07) is 17.0. The summed E-state index contributed by atoms with van der Waals surface area (Å²) in [6.07, 6.45) is 3.73. The number of hydrogen-bond acceptors (Lipinski definition) is 4. The van der Waals surface area contributed by atoms with Gasteiger partial charge in [0.05, 0.1) is 16.6 Å². The van der Waals surface area contributed by atoms with Crippen molar-refractivity contribution in [2.24, 2.45) is 0 Å². The molecule has 1 amide bonds. The van der Waals surface area contributed by atoms with Crippen LogP contribution in [0.1, 0.15) is 30.5 Å². The van der Waals surface area contributed by atoms with E-state index < -0.39 is 17.3 Å². The smallest absolute Gasteiger partial charge is 0.336 e. The molecule has 162 valence electrons. The summed E-state index contributed by atoms with van der Waals surface area (Å²) in [6.45, 7) is 4.04. The van der Waals surface area contributed by atoms with E-state index in [1.54, 1.807) is 60.9 Å². The lowest BCUT2D eigenvalue weighted by Gasteiger charge is -2.21. The molecule has 0 aliphatic carbocycles. The molecule has 4 rings (SSSR count). The first-order chi connectivity index (χ1) is 15.5. The van der Waals surface area contributed by atoms with Crippen molar-refractivity contribution in [1.29, 1.82) is 0 Å². The summed E-state index contributed by atoms with van der Waals surface area (Å²) in [7, 11) is 0. The summed E-state index contributed by atoms with van der Waals surface area (Å²) in [5.74, 6) is -0.293. The number of para-hydroxylation sites is 1. The third-order valence-electron chi connectivity index (χ3n) is 5.44. The summed E-state index contributed by atoms with van der Waals surface area (Å²) in [4.78, 5) is 44.1. The van der Waals surface area contributed by atoms with Gasteiger partial charge in [0.1, 0.15) is 6.04 Å². The van der Waals surface area contributed by atoms with Crippen molar-refractivity contribution in [2.75, 3.05) is 0 Å². The Bertz CT molecular complexity index is 1390. The van der Waals surface area contributed by atoms with E-state index in [4.69, 9.17) is 0 Å². The van der Waals surface area contributed by atoms with Crippen LogP contribution in [0.4, 0.5) is 0 Å². The van der Waals surface area contributed by atoms with Crippen molar-refractivity contribution < 1.29 is 4.79 Å². The Balaban J connectivity index is 1.86. The van der Waals surface area contributed by atoms with Gasteiger partial charge in [-0.2, -0.15) is 0 Å². The average Bonchev–Trinajstić information content (AvgIpc) is 2.81. The van der Waals surface area contributed by atoms with E-state index >= 15 is 0 Å². The molecule has 0 aliphatic rings. The van der Waals surface area contributed by atoms with E-state index in [0.717, 1.165) is 15.7 Å². The molecule has 0 spiro atoms. The second-order valence-electron chi connectivity index (χ2n) is 7.65. The Kier molecular flexibility index (Phi) is 5.98. The lowest BCUT2D eigenvalue weighted by Crippen LogP contribution is -2.44. The zero-order valence-corrected chi connectivity index (χ0v) is 18.0. The average molecular weight is 428 g/mol. The quantitative estimate of drug-likeness (QED) is 0.511.